The molecule has 0 radical (unpaired) electrons. The van der Waals surface area contributed by atoms with Crippen molar-refractivity contribution in [2.24, 2.45) is 10.9 Å². The van der Waals surface area contributed by atoms with Crippen LogP contribution in [0.25, 0.3) is 0 Å². The van der Waals surface area contributed by atoms with E-state index in [-0.39, 0.29) is 0 Å². The first-order valence-corrected chi connectivity index (χ1v) is 9.79. The molecule has 3 rings (SSSR count). The smallest absolute Gasteiger partial charge is 0.0874 e. The van der Waals surface area contributed by atoms with Gasteiger partial charge in [-0.2, -0.15) is 0 Å². The van der Waals surface area contributed by atoms with E-state index in [9.17, 15) is 0 Å². The molecule has 6 heteroatoms. The van der Waals surface area contributed by atoms with E-state index in [1.54, 1.807) is 0 Å². The first-order chi connectivity index (χ1) is 13.6. The molecule has 148 valence electrons. The van der Waals surface area contributed by atoms with Crippen LogP contribution in [0.15, 0.2) is 41.4 Å². The highest BCUT2D eigenvalue weighted by Gasteiger charge is 2.17. The molecule has 0 bridgehead atoms. The molecule has 1 heterocycles. The van der Waals surface area contributed by atoms with E-state index in [1.165, 1.54) is 25.7 Å². The van der Waals surface area contributed by atoms with Crippen LogP contribution in [0, 0.1) is 11.3 Å². The van der Waals surface area contributed by atoms with Gasteiger partial charge in [-0.15, -0.1) is 0 Å². The zero-order valence-electron chi connectivity index (χ0n) is 16.8. The average molecular weight is 379 g/mol. The third-order valence-electron chi connectivity index (χ3n) is 5.18. The molecule has 1 aliphatic heterocycles. The Balaban J connectivity index is 1.64. The van der Waals surface area contributed by atoms with Crippen molar-refractivity contribution in [1.82, 2.24) is 4.90 Å². The number of likely N-dealkylation sites (tertiary alicyclic amines) is 1. The lowest BCUT2D eigenvalue weighted by molar-refractivity contribution is 0.341. The Labute approximate surface area is 167 Å². The molecule has 1 atom stereocenters. The average Bonchev–Trinajstić information content (AvgIpc) is 3.13. The lowest BCUT2D eigenvalue weighted by atomic mass is 10.1. The molecule has 0 saturated carbocycles. The minimum atomic E-state index is 0.811. The van der Waals surface area contributed by atoms with Crippen LogP contribution in [-0.4, -0.2) is 51.1 Å². The number of benzene rings is 2. The van der Waals surface area contributed by atoms with Crippen molar-refractivity contribution in [2.75, 3.05) is 49.2 Å². The molecule has 1 aliphatic rings. The summed E-state index contributed by atoms with van der Waals surface area (Å²) in [4.78, 5) is 6.69. The summed E-state index contributed by atoms with van der Waals surface area (Å²) in [5, 5.41) is 17.5. The second-order valence-corrected chi connectivity index (χ2v) is 7.33. The Morgan fingerprint density at radius 2 is 1.96 bits per heavy atom. The molecule has 6 nitrogen and oxygen atoms in total. The number of aliphatic imine (C=N–C) groups is 1. The molecule has 4 N–H and O–H groups in total. The van der Waals surface area contributed by atoms with Crippen molar-refractivity contribution in [3.05, 3.63) is 42.0 Å². The number of nitrogens with one attached hydrogen (secondary N) is 4. The lowest BCUT2D eigenvalue weighted by Crippen LogP contribution is -2.26. The molecular formula is C22H30N6. The van der Waals surface area contributed by atoms with Crippen molar-refractivity contribution in [2.45, 2.75) is 13.3 Å². The van der Waals surface area contributed by atoms with E-state index in [1.807, 2.05) is 43.4 Å². The molecule has 0 aliphatic carbocycles. The Hall–Kier alpha value is -2.86. The summed E-state index contributed by atoms with van der Waals surface area (Å²) in [5.41, 5.74) is 5.47. The Bertz CT molecular complexity index is 832. The van der Waals surface area contributed by atoms with Gasteiger partial charge in [0.2, 0.25) is 0 Å². The highest BCUT2D eigenvalue weighted by atomic mass is 15.2. The third-order valence-corrected chi connectivity index (χ3v) is 5.18. The van der Waals surface area contributed by atoms with Gasteiger partial charge in [-0.3, -0.25) is 4.99 Å². The fourth-order valence-corrected chi connectivity index (χ4v) is 3.62. The minimum Gasteiger partial charge on any atom is -0.388 e. The molecule has 2 aromatic rings. The maximum Gasteiger partial charge on any atom is 0.0874 e. The van der Waals surface area contributed by atoms with E-state index in [4.69, 9.17) is 5.41 Å². The Morgan fingerprint density at radius 3 is 2.61 bits per heavy atom. The van der Waals surface area contributed by atoms with Crippen molar-refractivity contribution in [1.29, 1.82) is 5.41 Å². The molecule has 0 amide bonds. The molecule has 2 aromatic carbocycles. The van der Waals surface area contributed by atoms with E-state index < -0.39 is 0 Å². The molecule has 1 unspecified atom stereocenters. The number of rotatable bonds is 9. The van der Waals surface area contributed by atoms with Crippen molar-refractivity contribution in [3.8, 4) is 0 Å². The Morgan fingerprint density at radius 1 is 1.21 bits per heavy atom. The summed E-state index contributed by atoms with van der Waals surface area (Å²) >= 11 is 0. The monoisotopic (exact) mass is 378 g/mol. The first-order valence-electron chi connectivity index (χ1n) is 9.79. The van der Waals surface area contributed by atoms with Gasteiger partial charge in [0.25, 0.3) is 0 Å². The van der Waals surface area contributed by atoms with Crippen molar-refractivity contribution < 1.29 is 0 Å². The predicted octanol–water partition coefficient (Wildman–Crippen LogP) is 4.56. The number of anilines is 4. The third kappa shape index (κ3) is 4.89. The van der Waals surface area contributed by atoms with E-state index >= 15 is 0 Å². The second kappa shape index (κ2) is 9.37. The largest absolute Gasteiger partial charge is 0.388 e. The quantitative estimate of drug-likeness (QED) is 0.483. The molecular weight excluding hydrogens is 348 g/mol. The standard InChI is InChI=1S/C22H30N6/c1-16-8-10-28(15-16)11-9-26-21-7-5-19(13-22(21)25-3)27-18-4-6-20(24-2)17(12-18)14-23/h4-7,12-14,16,23-24,26-27H,3,8-11,15H2,1-2H3. The molecule has 1 saturated heterocycles. The van der Waals surface area contributed by atoms with Gasteiger partial charge in [-0.1, -0.05) is 6.92 Å². The number of hydrogen-bond acceptors (Lipinski definition) is 6. The zero-order chi connectivity index (χ0) is 19.9. The maximum atomic E-state index is 7.57. The maximum absolute atomic E-state index is 7.57. The van der Waals surface area contributed by atoms with E-state index in [0.29, 0.717) is 0 Å². The Kier molecular flexibility index (Phi) is 6.66. The zero-order valence-corrected chi connectivity index (χ0v) is 16.8. The van der Waals surface area contributed by atoms with Crippen LogP contribution < -0.4 is 16.0 Å². The molecule has 1 fully saturated rings. The lowest BCUT2D eigenvalue weighted by Gasteiger charge is -2.17. The van der Waals surface area contributed by atoms with Crippen LogP contribution in [0.1, 0.15) is 18.9 Å². The van der Waals surface area contributed by atoms with Gasteiger partial charge in [-0.05, 0) is 62.0 Å². The first kappa shape index (κ1) is 19.9. The summed E-state index contributed by atoms with van der Waals surface area (Å²) in [5.74, 6) is 0.811. The van der Waals surface area contributed by atoms with Gasteiger partial charge in [0, 0.05) is 55.5 Å². The molecule has 28 heavy (non-hydrogen) atoms. The highest BCUT2D eigenvalue weighted by molar-refractivity contribution is 5.88. The van der Waals surface area contributed by atoms with Gasteiger partial charge in [0.05, 0.1) is 11.4 Å². The van der Waals surface area contributed by atoms with Gasteiger partial charge in [-0.25, -0.2) is 0 Å². The van der Waals surface area contributed by atoms with Crippen LogP contribution in [0.5, 0.6) is 0 Å². The normalized spacial score (nSPS) is 16.6. The summed E-state index contributed by atoms with van der Waals surface area (Å²) in [6, 6.07) is 12.0. The molecule has 0 aromatic heterocycles. The number of nitrogens with zero attached hydrogens (tertiary/aromatic N) is 2. The van der Waals surface area contributed by atoms with E-state index in [0.717, 1.165) is 53.0 Å². The minimum absolute atomic E-state index is 0.811. The summed E-state index contributed by atoms with van der Waals surface area (Å²) in [7, 11) is 1.85. The summed E-state index contributed by atoms with van der Waals surface area (Å²) in [6.45, 7) is 10.4. The molecule has 0 spiro atoms. The topological polar surface area (TPSA) is 75.5 Å². The van der Waals surface area contributed by atoms with Crippen LogP contribution >= 0.6 is 0 Å². The predicted molar refractivity (Wildman–Crippen MR) is 122 cm³/mol. The SMILES string of the molecule is C=Nc1cc(Nc2ccc(NC)c(C=N)c2)ccc1NCCN1CCC(C)C1. The van der Waals surface area contributed by atoms with Gasteiger partial charge in [0.1, 0.15) is 0 Å². The van der Waals surface area contributed by atoms with Crippen LogP contribution in [0.2, 0.25) is 0 Å². The van der Waals surface area contributed by atoms with Gasteiger partial charge < -0.3 is 26.3 Å². The second-order valence-electron chi connectivity index (χ2n) is 7.33. The number of hydrogen-bond donors (Lipinski definition) is 4. The summed E-state index contributed by atoms with van der Waals surface area (Å²) in [6.07, 6.45) is 2.65. The van der Waals surface area contributed by atoms with Crippen LogP contribution in [-0.2, 0) is 0 Å². The van der Waals surface area contributed by atoms with Crippen LogP contribution in [0.3, 0.4) is 0 Å². The van der Waals surface area contributed by atoms with Crippen molar-refractivity contribution >= 4 is 41.4 Å². The van der Waals surface area contributed by atoms with Gasteiger partial charge in [0.15, 0.2) is 0 Å². The van der Waals surface area contributed by atoms with Crippen molar-refractivity contribution in [3.63, 3.8) is 0 Å². The van der Waals surface area contributed by atoms with Gasteiger partial charge >= 0.3 is 0 Å². The van der Waals surface area contributed by atoms with Crippen LogP contribution in [0.4, 0.5) is 28.4 Å². The highest BCUT2D eigenvalue weighted by Crippen LogP contribution is 2.30. The summed E-state index contributed by atoms with van der Waals surface area (Å²) < 4.78 is 0. The fraction of sp³-hybridized carbons (Fsp3) is 0.364. The fourth-order valence-electron chi connectivity index (χ4n) is 3.62. The van der Waals surface area contributed by atoms with E-state index in [2.05, 4.69) is 39.5 Å².